The second-order valence-corrected chi connectivity index (χ2v) is 7.79. The monoisotopic (exact) mass is 375 g/mol. The van der Waals surface area contributed by atoms with Crippen LogP contribution in [0.4, 0.5) is 0 Å². The zero-order valence-corrected chi connectivity index (χ0v) is 15.7. The van der Waals surface area contributed by atoms with Crippen molar-refractivity contribution in [3.8, 4) is 0 Å². The molecule has 0 aliphatic heterocycles. The average Bonchev–Trinajstić information content (AvgIpc) is 3.34. The highest BCUT2D eigenvalue weighted by Crippen LogP contribution is 2.48. The molecule has 0 spiro atoms. The van der Waals surface area contributed by atoms with E-state index in [9.17, 15) is 14.7 Å². The largest absolute Gasteiger partial charge is 0.481 e. The Hall–Kier alpha value is -2.88. The minimum atomic E-state index is -0.858. The smallest absolute Gasteiger partial charge is 0.307 e. The van der Waals surface area contributed by atoms with E-state index in [0.717, 1.165) is 12.8 Å². The van der Waals surface area contributed by atoms with E-state index in [1.54, 1.807) is 0 Å². The summed E-state index contributed by atoms with van der Waals surface area (Å²) in [5, 5.41) is 12.6. The molecule has 144 valence electrons. The first-order valence-corrected chi connectivity index (χ1v) is 9.94. The normalized spacial score (nSPS) is 25.2. The van der Waals surface area contributed by atoms with Crippen LogP contribution in [0.15, 0.2) is 72.8 Å². The quantitative estimate of drug-likeness (QED) is 0.723. The Bertz CT molecular complexity index is 822. The molecule has 2 bridgehead atoms. The van der Waals surface area contributed by atoms with E-state index < -0.39 is 17.8 Å². The van der Waals surface area contributed by atoms with E-state index in [4.69, 9.17) is 0 Å². The van der Waals surface area contributed by atoms with Gasteiger partial charge < -0.3 is 10.4 Å². The lowest BCUT2D eigenvalue weighted by Gasteiger charge is -2.24. The van der Waals surface area contributed by atoms with Crippen molar-refractivity contribution in [2.24, 2.45) is 23.7 Å². The number of allylic oxidation sites excluding steroid dienone is 2. The summed E-state index contributed by atoms with van der Waals surface area (Å²) < 4.78 is 0. The number of fused-ring (bicyclic) bond motifs is 2. The number of carboxylic acids is 1. The SMILES string of the molecule is O=C(NCCC(c1ccccc1)c1ccccc1)[C@@H]1[C@@H](C(=O)O)[C@H]2C=C[C@@H]1C2. The fourth-order valence-electron chi connectivity index (χ4n) is 4.87. The van der Waals surface area contributed by atoms with Crippen molar-refractivity contribution < 1.29 is 14.7 Å². The van der Waals surface area contributed by atoms with Gasteiger partial charge >= 0.3 is 5.97 Å². The standard InChI is InChI=1S/C24H25NO3/c26-23(21-18-11-12-19(15-18)22(21)24(27)28)25-14-13-20(16-7-3-1-4-8-16)17-9-5-2-6-10-17/h1-12,18-22H,13-15H2,(H,25,26)(H,27,28)/t18-,19+,21+,22+/m1/s1. The Morgan fingerprint density at radius 1 is 0.893 bits per heavy atom. The molecule has 4 nitrogen and oxygen atoms in total. The number of hydrogen-bond acceptors (Lipinski definition) is 2. The second kappa shape index (κ2) is 8.01. The molecular weight excluding hydrogens is 350 g/mol. The average molecular weight is 375 g/mol. The van der Waals surface area contributed by atoms with Crippen LogP contribution in [0, 0.1) is 23.7 Å². The van der Waals surface area contributed by atoms with Gasteiger partial charge in [0.2, 0.25) is 5.91 Å². The van der Waals surface area contributed by atoms with Crippen molar-refractivity contribution in [3.05, 3.63) is 83.9 Å². The van der Waals surface area contributed by atoms with E-state index in [1.165, 1.54) is 11.1 Å². The Morgan fingerprint density at radius 2 is 1.43 bits per heavy atom. The molecule has 1 fully saturated rings. The van der Waals surface area contributed by atoms with E-state index in [1.807, 2.05) is 48.6 Å². The molecule has 4 heteroatoms. The summed E-state index contributed by atoms with van der Waals surface area (Å²) in [4.78, 5) is 24.4. The molecule has 1 amide bonds. The van der Waals surface area contributed by atoms with Gasteiger partial charge in [-0.1, -0.05) is 72.8 Å². The number of carbonyl (C=O) groups is 2. The number of nitrogens with one attached hydrogen (secondary N) is 1. The molecule has 2 aromatic rings. The Labute approximate surface area is 165 Å². The fourth-order valence-corrected chi connectivity index (χ4v) is 4.87. The third kappa shape index (κ3) is 3.59. The zero-order chi connectivity index (χ0) is 19.5. The van der Waals surface area contributed by atoms with Gasteiger partial charge in [0.1, 0.15) is 0 Å². The van der Waals surface area contributed by atoms with Crippen molar-refractivity contribution in [2.45, 2.75) is 18.8 Å². The summed E-state index contributed by atoms with van der Waals surface area (Å²) >= 11 is 0. The molecule has 4 atom stereocenters. The van der Waals surface area contributed by atoms with Gasteiger partial charge in [0.15, 0.2) is 0 Å². The van der Waals surface area contributed by atoms with Crippen molar-refractivity contribution in [3.63, 3.8) is 0 Å². The molecule has 4 rings (SSSR count). The Kier molecular flexibility index (Phi) is 5.29. The van der Waals surface area contributed by atoms with Gasteiger partial charge in [0.05, 0.1) is 11.8 Å². The van der Waals surface area contributed by atoms with Crippen molar-refractivity contribution >= 4 is 11.9 Å². The number of amides is 1. The summed E-state index contributed by atoms with van der Waals surface area (Å²) in [6.45, 7) is 0.525. The number of rotatable bonds is 7. The minimum Gasteiger partial charge on any atom is -0.481 e. The molecule has 0 unspecified atom stereocenters. The van der Waals surface area contributed by atoms with Crippen LogP contribution in [0.3, 0.4) is 0 Å². The third-order valence-electron chi connectivity index (χ3n) is 6.18. The molecule has 2 aliphatic rings. The van der Waals surface area contributed by atoms with Crippen LogP contribution in [-0.4, -0.2) is 23.5 Å². The first-order valence-electron chi connectivity index (χ1n) is 9.94. The predicted molar refractivity (Wildman–Crippen MR) is 108 cm³/mol. The zero-order valence-electron chi connectivity index (χ0n) is 15.7. The van der Waals surface area contributed by atoms with Crippen molar-refractivity contribution in [2.75, 3.05) is 6.54 Å². The number of hydrogen-bond donors (Lipinski definition) is 2. The van der Waals surface area contributed by atoms with E-state index in [0.29, 0.717) is 6.54 Å². The highest BCUT2D eigenvalue weighted by Gasteiger charge is 2.51. The number of benzene rings is 2. The van der Waals surface area contributed by atoms with Crippen LogP contribution in [0.25, 0.3) is 0 Å². The van der Waals surface area contributed by atoms with E-state index in [-0.39, 0.29) is 23.7 Å². The molecule has 2 N–H and O–H groups in total. The van der Waals surface area contributed by atoms with Crippen LogP contribution in [0.5, 0.6) is 0 Å². The molecule has 2 aromatic carbocycles. The van der Waals surface area contributed by atoms with Crippen LogP contribution in [-0.2, 0) is 9.59 Å². The fraction of sp³-hybridized carbons (Fsp3) is 0.333. The highest BCUT2D eigenvalue weighted by atomic mass is 16.4. The molecule has 0 saturated heterocycles. The maximum atomic E-state index is 12.8. The first kappa shape index (κ1) is 18.5. The lowest BCUT2D eigenvalue weighted by Crippen LogP contribution is -2.40. The summed E-state index contributed by atoms with van der Waals surface area (Å²) in [7, 11) is 0. The number of carboxylic acid groups (broad SMARTS) is 1. The summed E-state index contributed by atoms with van der Waals surface area (Å²) in [5.41, 5.74) is 2.43. The molecule has 1 saturated carbocycles. The third-order valence-corrected chi connectivity index (χ3v) is 6.18. The molecule has 28 heavy (non-hydrogen) atoms. The Balaban J connectivity index is 1.43. The molecular formula is C24H25NO3. The minimum absolute atomic E-state index is 0.000337. The predicted octanol–water partition coefficient (Wildman–Crippen LogP) is 3.85. The number of aliphatic carboxylic acids is 1. The van der Waals surface area contributed by atoms with Gasteiger partial charge in [0.25, 0.3) is 0 Å². The lowest BCUT2D eigenvalue weighted by atomic mass is 9.82. The molecule has 0 radical (unpaired) electrons. The van der Waals surface area contributed by atoms with Gasteiger partial charge in [-0.3, -0.25) is 9.59 Å². The maximum Gasteiger partial charge on any atom is 0.307 e. The maximum absolute atomic E-state index is 12.8. The molecule has 2 aliphatic carbocycles. The van der Waals surface area contributed by atoms with Gasteiger partial charge in [0, 0.05) is 12.5 Å². The van der Waals surface area contributed by atoms with Gasteiger partial charge in [-0.15, -0.1) is 0 Å². The van der Waals surface area contributed by atoms with Crippen LogP contribution < -0.4 is 5.32 Å². The lowest BCUT2D eigenvalue weighted by molar-refractivity contribution is -0.147. The van der Waals surface area contributed by atoms with Gasteiger partial charge in [-0.05, 0) is 35.8 Å². The van der Waals surface area contributed by atoms with E-state index >= 15 is 0 Å². The van der Waals surface area contributed by atoms with Crippen molar-refractivity contribution in [1.29, 1.82) is 0 Å². The summed E-state index contributed by atoms with van der Waals surface area (Å²) in [5.74, 6) is -1.76. The Morgan fingerprint density at radius 3 is 1.96 bits per heavy atom. The van der Waals surface area contributed by atoms with Gasteiger partial charge in [-0.2, -0.15) is 0 Å². The van der Waals surface area contributed by atoms with Crippen molar-refractivity contribution in [1.82, 2.24) is 5.32 Å². The molecule has 0 aromatic heterocycles. The topological polar surface area (TPSA) is 66.4 Å². The summed E-state index contributed by atoms with van der Waals surface area (Å²) in [6, 6.07) is 20.6. The van der Waals surface area contributed by atoms with Crippen LogP contribution in [0.2, 0.25) is 0 Å². The molecule has 0 heterocycles. The first-order chi connectivity index (χ1) is 13.6. The second-order valence-electron chi connectivity index (χ2n) is 7.79. The van der Waals surface area contributed by atoms with E-state index in [2.05, 4.69) is 29.6 Å². The number of carbonyl (C=O) groups excluding carboxylic acids is 1. The highest BCUT2D eigenvalue weighted by molar-refractivity contribution is 5.86. The van der Waals surface area contributed by atoms with Crippen LogP contribution >= 0.6 is 0 Å². The van der Waals surface area contributed by atoms with Crippen LogP contribution in [0.1, 0.15) is 29.9 Å². The summed E-state index contributed by atoms with van der Waals surface area (Å²) in [6.07, 6.45) is 5.54. The van der Waals surface area contributed by atoms with Gasteiger partial charge in [-0.25, -0.2) is 0 Å².